The predicted molar refractivity (Wildman–Crippen MR) is 125 cm³/mol. The standard InChI is InChI=1S/C20H24Cl2N4O2.C2H2O4/c21-16-2-1-3-17(18(16)22)26-9-7-25(8-10-26)6-4-14-12-15(13-14)24-19(27)20-23-5-11-28-20;3-1(4)2(5)6/h1-3,5,11,14-15H,4,6-10,12-13H2,(H,24,27);(H,3,4)(H,5,6)/t14-,15-;. The first-order chi connectivity index (χ1) is 16.2. The maximum atomic E-state index is 11.9. The van der Waals surface area contributed by atoms with Gasteiger partial charge in [0.15, 0.2) is 0 Å². The van der Waals surface area contributed by atoms with Gasteiger partial charge in [0.1, 0.15) is 6.26 Å². The minimum atomic E-state index is -1.82. The van der Waals surface area contributed by atoms with Crippen LogP contribution in [0.2, 0.25) is 10.0 Å². The van der Waals surface area contributed by atoms with Crippen LogP contribution < -0.4 is 10.2 Å². The zero-order valence-electron chi connectivity index (χ0n) is 18.3. The summed E-state index contributed by atoms with van der Waals surface area (Å²) in [6.45, 7) is 5.07. The fourth-order valence-corrected chi connectivity index (χ4v) is 4.40. The van der Waals surface area contributed by atoms with Crippen LogP contribution in [0.25, 0.3) is 0 Å². The molecule has 2 heterocycles. The van der Waals surface area contributed by atoms with Crippen molar-refractivity contribution in [2.45, 2.75) is 25.3 Å². The quantitative estimate of drug-likeness (QED) is 0.498. The van der Waals surface area contributed by atoms with Crippen LogP contribution in [0, 0.1) is 5.92 Å². The van der Waals surface area contributed by atoms with Gasteiger partial charge in [0.05, 0.1) is 21.9 Å². The minimum absolute atomic E-state index is 0.140. The number of aliphatic carboxylic acids is 2. The first kappa shape index (κ1) is 25.8. The van der Waals surface area contributed by atoms with E-state index in [4.69, 9.17) is 47.4 Å². The van der Waals surface area contributed by atoms with Gasteiger partial charge in [-0.1, -0.05) is 29.3 Å². The van der Waals surface area contributed by atoms with Gasteiger partial charge in [-0.2, -0.15) is 0 Å². The lowest BCUT2D eigenvalue weighted by Gasteiger charge is -2.39. The highest BCUT2D eigenvalue weighted by atomic mass is 35.5. The Balaban J connectivity index is 0.000000481. The highest BCUT2D eigenvalue weighted by Crippen LogP contribution is 2.33. The Labute approximate surface area is 206 Å². The average Bonchev–Trinajstić information content (AvgIpc) is 3.33. The van der Waals surface area contributed by atoms with Crippen molar-refractivity contribution in [1.82, 2.24) is 15.2 Å². The second kappa shape index (κ2) is 12.0. The normalized spacial score (nSPS) is 20.0. The third kappa shape index (κ3) is 7.09. The van der Waals surface area contributed by atoms with Crippen molar-refractivity contribution in [2.75, 3.05) is 37.6 Å². The van der Waals surface area contributed by atoms with Crippen LogP contribution in [0.15, 0.2) is 35.1 Å². The molecule has 3 N–H and O–H groups in total. The molecule has 1 aliphatic heterocycles. The molecule has 1 saturated heterocycles. The van der Waals surface area contributed by atoms with E-state index >= 15 is 0 Å². The van der Waals surface area contributed by atoms with Crippen molar-refractivity contribution in [2.24, 2.45) is 5.92 Å². The second-order valence-electron chi connectivity index (χ2n) is 8.15. The van der Waals surface area contributed by atoms with Gasteiger partial charge in [-0.05, 0) is 43.9 Å². The number of oxazole rings is 1. The molecule has 0 bridgehead atoms. The lowest BCUT2D eigenvalue weighted by Crippen LogP contribution is -2.48. The summed E-state index contributed by atoms with van der Waals surface area (Å²) >= 11 is 12.5. The van der Waals surface area contributed by atoms with E-state index in [0.29, 0.717) is 16.0 Å². The van der Waals surface area contributed by atoms with Gasteiger partial charge < -0.3 is 24.8 Å². The van der Waals surface area contributed by atoms with Crippen LogP contribution in [0.5, 0.6) is 0 Å². The topological polar surface area (TPSA) is 136 Å². The lowest BCUT2D eigenvalue weighted by molar-refractivity contribution is -0.159. The highest BCUT2D eigenvalue weighted by Gasteiger charge is 2.31. The van der Waals surface area contributed by atoms with E-state index in [1.807, 2.05) is 18.2 Å². The first-order valence-electron chi connectivity index (χ1n) is 10.8. The third-order valence-corrected chi connectivity index (χ3v) is 6.69. The van der Waals surface area contributed by atoms with Crippen molar-refractivity contribution < 1.29 is 29.0 Å². The smallest absolute Gasteiger partial charge is 0.414 e. The van der Waals surface area contributed by atoms with Gasteiger partial charge in [-0.3, -0.25) is 9.69 Å². The number of carboxylic acid groups (broad SMARTS) is 2. The van der Waals surface area contributed by atoms with Crippen LogP contribution in [0.3, 0.4) is 0 Å². The van der Waals surface area contributed by atoms with Gasteiger partial charge in [0.25, 0.3) is 5.89 Å². The van der Waals surface area contributed by atoms with Crippen LogP contribution >= 0.6 is 23.2 Å². The van der Waals surface area contributed by atoms with Crippen molar-refractivity contribution in [3.8, 4) is 0 Å². The number of hydrogen-bond acceptors (Lipinski definition) is 7. The monoisotopic (exact) mass is 512 g/mol. The molecule has 184 valence electrons. The molecular formula is C22H26Cl2N4O6. The van der Waals surface area contributed by atoms with E-state index in [1.165, 1.54) is 18.9 Å². The number of halogens is 2. The van der Waals surface area contributed by atoms with E-state index in [1.54, 1.807) is 0 Å². The summed E-state index contributed by atoms with van der Waals surface area (Å²) in [6, 6.07) is 6.05. The van der Waals surface area contributed by atoms with E-state index in [2.05, 4.69) is 20.1 Å². The Morgan fingerprint density at radius 2 is 1.76 bits per heavy atom. The molecule has 0 radical (unpaired) electrons. The predicted octanol–water partition coefficient (Wildman–Crippen LogP) is 2.86. The molecule has 0 atom stereocenters. The van der Waals surface area contributed by atoms with Gasteiger partial charge in [0, 0.05) is 32.2 Å². The largest absolute Gasteiger partial charge is 0.473 e. The molecule has 0 spiro atoms. The number of carbonyl (C=O) groups is 3. The molecule has 12 heteroatoms. The van der Waals surface area contributed by atoms with E-state index in [0.717, 1.165) is 51.3 Å². The Morgan fingerprint density at radius 1 is 1.09 bits per heavy atom. The zero-order valence-corrected chi connectivity index (χ0v) is 19.8. The molecule has 1 amide bonds. The third-order valence-electron chi connectivity index (χ3n) is 5.88. The highest BCUT2D eigenvalue weighted by molar-refractivity contribution is 6.43. The number of nitrogens with one attached hydrogen (secondary N) is 1. The average molecular weight is 513 g/mol. The van der Waals surface area contributed by atoms with Crippen LogP contribution in [0.4, 0.5) is 5.69 Å². The number of carboxylic acids is 2. The summed E-state index contributed by atoms with van der Waals surface area (Å²) in [4.78, 5) is 38.8. The maximum Gasteiger partial charge on any atom is 0.414 e. The van der Waals surface area contributed by atoms with Crippen LogP contribution in [-0.4, -0.2) is 76.7 Å². The zero-order chi connectivity index (χ0) is 24.7. The summed E-state index contributed by atoms with van der Waals surface area (Å²) in [5.41, 5.74) is 1.03. The fourth-order valence-electron chi connectivity index (χ4n) is 3.99. The van der Waals surface area contributed by atoms with Gasteiger partial charge in [-0.25, -0.2) is 14.6 Å². The molecule has 1 saturated carbocycles. The summed E-state index contributed by atoms with van der Waals surface area (Å²) in [7, 11) is 0. The van der Waals surface area contributed by atoms with Crippen LogP contribution in [0.1, 0.15) is 29.9 Å². The van der Waals surface area contributed by atoms with Gasteiger partial charge in [-0.15, -0.1) is 0 Å². The molecule has 34 heavy (non-hydrogen) atoms. The van der Waals surface area contributed by atoms with Gasteiger partial charge >= 0.3 is 17.8 Å². The van der Waals surface area contributed by atoms with Crippen molar-refractivity contribution in [1.29, 1.82) is 0 Å². The molecule has 1 aromatic carbocycles. The minimum Gasteiger partial charge on any atom is -0.473 e. The molecule has 4 rings (SSSR count). The number of piperazine rings is 1. The number of anilines is 1. The Hall–Kier alpha value is -2.82. The Kier molecular flexibility index (Phi) is 9.14. The van der Waals surface area contributed by atoms with Crippen LogP contribution in [-0.2, 0) is 9.59 Å². The maximum absolute atomic E-state index is 11.9. The molecule has 1 aliphatic carbocycles. The number of hydrogen-bond donors (Lipinski definition) is 3. The number of aromatic nitrogens is 1. The molecule has 2 aliphatic rings. The summed E-state index contributed by atoms with van der Waals surface area (Å²) in [6.07, 6.45) is 6.13. The SMILES string of the molecule is O=C(N[C@H]1C[C@H](CCN2CCN(c3cccc(Cl)c3Cl)CC2)C1)c1ncco1.O=C(O)C(=O)O. The molecule has 2 fully saturated rings. The summed E-state index contributed by atoms with van der Waals surface area (Å²) < 4.78 is 5.02. The lowest BCUT2D eigenvalue weighted by atomic mass is 9.78. The Morgan fingerprint density at radius 3 is 2.35 bits per heavy atom. The molecule has 1 aromatic heterocycles. The molecular weight excluding hydrogens is 487 g/mol. The number of benzene rings is 1. The molecule has 10 nitrogen and oxygen atoms in total. The number of amides is 1. The number of nitrogens with zero attached hydrogens (tertiary/aromatic N) is 3. The summed E-state index contributed by atoms with van der Waals surface area (Å²) in [5, 5.41) is 19.0. The fraction of sp³-hybridized carbons (Fsp3) is 0.455. The number of carbonyl (C=O) groups excluding carboxylic acids is 1. The summed E-state index contributed by atoms with van der Waals surface area (Å²) in [5.74, 6) is -3.05. The van der Waals surface area contributed by atoms with Gasteiger partial charge in [0.2, 0.25) is 0 Å². The Bertz CT molecular complexity index is 977. The number of rotatable bonds is 6. The molecule has 2 aromatic rings. The van der Waals surface area contributed by atoms with E-state index < -0.39 is 11.9 Å². The van der Waals surface area contributed by atoms with Crippen molar-refractivity contribution >= 4 is 46.7 Å². The van der Waals surface area contributed by atoms with Crippen molar-refractivity contribution in [3.05, 3.63) is 46.6 Å². The van der Waals surface area contributed by atoms with E-state index in [9.17, 15) is 4.79 Å². The molecule has 0 unspecified atom stereocenters. The van der Waals surface area contributed by atoms with E-state index in [-0.39, 0.29) is 17.8 Å². The first-order valence-corrected chi connectivity index (χ1v) is 11.6. The second-order valence-corrected chi connectivity index (χ2v) is 8.93. The van der Waals surface area contributed by atoms with Crippen molar-refractivity contribution in [3.63, 3.8) is 0 Å².